The Morgan fingerprint density at radius 3 is 3.09 bits per heavy atom. The van der Waals surface area contributed by atoms with Gasteiger partial charge in [-0.15, -0.1) is 0 Å². The van der Waals surface area contributed by atoms with E-state index in [1.165, 1.54) is 6.07 Å². The Labute approximate surface area is 128 Å². The van der Waals surface area contributed by atoms with E-state index >= 15 is 0 Å². The van der Waals surface area contributed by atoms with Crippen LogP contribution in [0.25, 0.3) is 0 Å². The van der Waals surface area contributed by atoms with Crippen LogP contribution >= 0.6 is 0 Å². The number of carbonyl (C=O) groups excluding carboxylic acids is 1. The Kier molecular flexibility index (Phi) is 4.00. The Morgan fingerprint density at radius 1 is 1.50 bits per heavy atom. The minimum atomic E-state index is -0.174. The molecular weight excluding hydrogens is 280 g/mol. The second-order valence-corrected chi connectivity index (χ2v) is 5.37. The largest absolute Gasteiger partial charge is 0.328 e. The molecule has 6 nitrogen and oxygen atoms in total. The lowest BCUT2D eigenvalue weighted by molar-refractivity contribution is 0.0729. The number of nitrogens with one attached hydrogen (secondary N) is 1. The average molecular weight is 298 g/mol. The van der Waals surface area contributed by atoms with Crippen molar-refractivity contribution >= 4 is 5.91 Å². The predicted molar refractivity (Wildman–Crippen MR) is 81.5 cm³/mol. The summed E-state index contributed by atoms with van der Waals surface area (Å²) in [5.74, 6) is 0.513. The number of hydrogen-bond donors (Lipinski definition) is 1. The summed E-state index contributed by atoms with van der Waals surface area (Å²) in [7, 11) is 0. The lowest BCUT2D eigenvalue weighted by atomic mass is 10.1. The summed E-state index contributed by atoms with van der Waals surface area (Å²) < 4.78 is 0. The number of hydrogen-bond acceptors (Lipinski definition) is 4. The van der Waals surface area contributed by atoms with Gasteiger partial charge in [-0.2, -0.15) is 0 Å². The van der Waals surface area contributed by atoms with Crippen LogP contribution in [0.2, 0.25) is 0 Å². The summed E-state index contributed by atoms with van der Waals surface area (Å²) in [4.78, 5) is 37.4. The van der Waals surface area contributed by atoms with Gasteiger partial charge >= 0.3 is 0 Å². The van der Waals surface area contributed by atoms with Crippen LogP contribution in [0.15, 0.2) is 35.4 Å². The molecule has 2 aromatic rings. The van der Waals surface area contributed by atoms with Crippen molar-refractivity contribution in [2.75, 3.05) is 6.54 Å². The number of amides is 1. The van der Waals surface area contributed by atoms with Gasteiger partial charge in [0.2, 0.25) is 0 Å². The van der Waals surface area contributed by atoms with Crippen LogP contribution in [0.4, 0.5) is 0 Å². The Hall–Kier alpha value is -2.50. The molecule has 6 heteroatoms. The zero-order chi connectivity index (χ0) is 15.5. The van der Waals surface area contributed by atoms with Crippen molar-refractivity contribution in [3.63, 3.8) is 0 Å². The summed E-state index contributed by atoms with van der Waals surface area (Å²) in [5.41, 5.74) is 1.14. The highest BCUT2D eigenvalue weighted by molar-refractivity contribution is 5.94. The molecule has 0 unspecified atom stereocenters. The maximum atomic E-state index is 12.6. The lowest BCUT2D eigenvalue weighted by Crippen LogP contribution is -2.32. The van der Waals surface area contributed by atoms with Gasteiger partial charge in [0.05, 0.1) is 11.6 Å². The van der Waals surface area contributed by atoms with E-state index in [0.717, 1.165) is 18.5 Å². The summed E-state index contributed by atoms with van der Waals surface area (Å²) >= 11 is 0. The number of nitrogens with zero attached hydrogens (tertiary/aromatic N) is 3. The number of carbonyl (C=O) groups is 1. The number of aromatic amines is 1. The Balaban J connectivity index is 1.92. The first-order valence-corrected chi connectivity index (χ1v) is 7.50. The van der Waals surface area contributed by atoms with Crippen molar-refractivity contribution in [1.82, 2.24) is 19.9 Å². The first-order valence-electron chi connectivity index (χ1n) is 7.50. The molecule has 1 atom stereocenters. The molecule has 0 aliphatic carbocycles. The Bertz CT molecular complexity index is 726. The standard InChI is InChI=1S/C16H18N4O2/c1-2-12-9-14(21)19-15(18-12)13-6-4-8-20(13)16(22)11-5-3-7-17-10-11/h3,5,7,9-10,13H,2,4,6,8H2,1H3,(H,18,19,21)/t13-/m1/s1. The monoisotopic (exact) mass is 298 g/mol. The highest BCUT2D eigenvalue weighted by atomic mass is 16.2. The normalized spacial score (nSPS) is 17.7. The summed E-state index contributed by atoms with van der Waals surface area (Å²) in [6.07, 6.45) is 5.61. The Morgan fingerprint density at radius 2 is 2.36 bits per heavy atom. The van der Waals surface area contributed by atoms with E-state index in [1.54, 1.807) is 29.4 Å². The third-order valence-corrected chi connectivity index (χ3v) is 3.91. The molecule has 3 rings (SSSR count). The maximum absolute atomic E-state index is 12.6. The minimum Gasteiger partial charge on any atom is -0.328 e. The summed E-state index contributed by atoms with van der Waals surface area (Å²) in [6, 6.07) is 4.83. The number of pyridine rings is 1. The van der Waals surface area contributed by atoms with Gasteiger partial charge in [0, 0.05) is 30.7 Å². The van der Waals surface area contributed by atoms with E-state index in [9.17, 15) is 9.59 Å². The molecule has 22 heavy (non-hydrogen) atoms. The molecular formula is C16H18N4O2. The smallest absolute Gasteiger partial charge is 0.256 e. The molecule has 1 N–H and O–H groups in total. The van der Waals surface area contributed by atoms with Crippen molar-refractivity contribution in [2.45, 2.75) is 32.2 Å². The van der Waals surface area contributed by atoms with E-state index in [4.69, 9.17) is 0 Å². The van der Waals surface area contributed by atoms with Gasteiger partial charge in [-0.1, -0.05) is 6.92 Å². The number of aromatic nitrogens is 3. The molecule has 0 bridgehead atoms. The van der Waals surface area contributed by atoms with E-state index < -0.39 is 0 Å². The summed E-state index contributed by atoms with van der Waals surface area (Å²) in [6.45, 7) is 2.62. The van der Waals surface area contributed by atoms with Crippen molar-refractivity contribution in [3.8, 4) is 0 Å². The lowest BCUT2D eigenvalue weighted by Gasteiger charge is -2.24. The van der Waals surface area contributed by atoms with Gasteiger partial charge in [0.25, 0.3) is 11.5 Å². The SMILES string of the molecule is CCc1cc(=O)[nH]c([C@H]2CCCN2C(=O)c2cccnc2)n1. The third kappa shape index (κ3) is 2.77. The molecule has 3 heterocycles. The zero-order valence-electron chi connectivity index (χ0n) is 12.5. The van der Waals surface area contributed by atoms with Crippen LogP contribution in [-0.2, 0) is 6.42 Å². The van der Waals surface area contributed by atoms with Crippen LogP contribution in [0, 0.1) is 0 Å². The van der Waals surface area contributed by atoms with Gasteiger partial charge in [-0.05, 0) is 31.4 Å². The quantitative estimate of drug-likeness (QED) is 0.935. The predicted octanol–water partition coefficient (Wildman–Crippen LogP) is 1.70. The number of aryl methyl sites for hydroxylation is 1. The average Bonchev–Trinajstić information content (AvgIpc) is 3.04. The van der Waals surface area contributed by atoms with Crippen molar-refractivity contribution in [1.29, 1.82) is 0 Å². The van der Waals surface area contributed by atoms with Crippen molar-refractivity contribution in [3.05, 3.63) is 58.0 Å². The minimum absolute atomic E-state index is 0.0693. The fourth-order valence-corrected chi connectivity index (χ4v) is 2.82. The molecule has 1 saturated heterocycles. The topological polar surface area (TPSA) is 79.0 Å². The van der Waals surface area contributed by atoms with Crippen LogP contribution in [0.5, 0.6) is 0 Å². The van der Waals surface area contributed by atoms with Gasteiger partial charge in [-0.25, -0.2) is 4.98 Å². The van der Waals surface area contributed by atoms with Gasteiger partial charge in [0.1, 0.15) is 5.82 Å². The first kappa shape index (κ1) is 14.4. The van der Waals surface area contributed by atoms with Crippen LogP contribution in [-0.4, -0.2) is 32.3 Å². The van der Waals surface area contributed by atoms with Gasteiger partial charge < -0.3 is 9.88 Å². The van der Waals surface area contributed by atoms with E-state index in [-0.39, 0.29) is 17.5 Å². The molecule has 1 fully saturated rings. The molecule has 1 amide bonds. The highest BCUT2D eigenvalue weighted by Crippen LogP contribution is 2.30. The first-order chi connectivity index (χ1) is 10.7. The van der Waals surface area contributed by atoms with Gasteiger partial charge in [-0.3, -0.25) is 14.6 Å². The fourth-order valence-electron chi connectivity index (χ4n) is 2.82. The molecule has 0 spiro atoms. The highest BCUT2D eigenvalue weighted by Gasteiger charge is 2.32. The summed E-state index contributed by atoms with van der Waals surface area (Å²) in [5, 5.41) is 0. The molecule has 2 aromatic heterocycles. The van der Waals surface area contributed by atoms with Crippen molar-refractivity contribution in [2.24, 2.45) is 0 Å². The number of H-pyrrole nitrogens is 1. The second-order valence-electron chi connectivity index (χ2n) is 5.37. The third-order valence-electron chi connectivity index (χ3n) is 3.91. The van der Waals surface area contributed by atoms with Crippen LogP contribution in [0.1, 0.15) is 47.7 Å². The number of rotatable bonds is 3. The van der Waals surface area contributed by atoms with E-state index in [2.05, 4.69) is 15.0 Å². The van der Waals surface area contributed by atoms with Crippen LogP contribution < -0.4 is 5.56 Å². The molecule has 114 valence electrons. The van der Waals surface area contributed by atoms with Gasteiger partial charge in [0.15, 0.2) is 0 Å². The second kappa shape index (κ2) is 6.09. The molecule has 0 radical (unpaired) electrons. The van der Waals surface area contributed by atoms with Crippen LogP contribution in [0.3, 0.4) is 0 Å². The molecule has 0 aromatic carbocycles. The van der Waals surface area contributed by atoms with E-state index in [1.807, 2.05) is 6.92 Å². The van der Waals surface area contributed by atoms with E-state index in [0.29, 0.717) is 24.4 Å². The molecule has 1 aliphatic rings. The maximum Gasteiger partial charge on any atom is 0.256 e. The fraction of sp³-hybridized carbons (Fsp3) is 0.375. The number of likely N-dealkylation sites (tertiary alicyclic amines) is 1. The molecule has 0 saturated carbocycles. The molecule has 1 aliphatic heterocycles. The van der Waals surface area contributed by atoms with Crippen molar-refractivity contribution < 1.29 is 4.79 Å². The zero-order valence-corrected chi connectivity index (χ0v) is 12.5.